The molecule has 0 aliphatic rings. The zero-order chi connectivity index (χ0) is 19.9. The molecule has 0 saturated heterocycles. The Morgan fingerprint density at radius 2 is 1.26 bits per heavy atom. The molecule has 27 heavy (non-hydrogen) atoms. The van der Waals surface area contributed by atoms with Crippen molar-refractivity contribution in [3.63, 3.8) is 0 Å². The van der Waals surface area contributed by atoms with Crippen LogP contribution in [0.15, 0.2) is 48.5 Å². The number of halogens is 1. The van der Waals surface area contributed by atoms with Crippen LogP contribution in [0.2, 0.25) is 0 Å². The van der Waals surface area contributed by atoms with Gasteiger partial charge >= 0.3 is 0 Å². The first-order valence-electron chi connectivity index (χ1n) is 9.19. The molecule has 0 saturated carbocycles. The smallest absolute Gasteiger partial charge is 0.157 e. The van der Waals surface area contributed by atoms with Crippen molar-refractivity contribution in [2.24, 2.45) is 5.92 Å². The van der Waals surface area contributed by atoms with E-state index in [1.807, 2.05) is 55.5 Å². The molecule has 2 atom stereocenters. The fraction of sp³-hybridized carbons (Fsp3) is 0.455. The van der Waals surface area contributed by atoms with Crippen LogP contribution in [0.5, 0.6) is 11.5 Å². The van der Waals surface area contributed by atoms with Gasteiger partial charge in [-0.2, -0.15) is 0 Å². The summed E-state index contributed by atoms with van der Waals surface area (Å²) >= 11 is 0. The molecule has 0 aromatic heterocycles. The molecule has 5 heteroatoms. The van der Waals surface area contributed by atoms with E-state index in [0.29, 0.717) is 12.4 Å². The Kier molecular flexibility index (Phi) is 7.63. The lowest BCUT2D eigenvalue weighted by Gasteiger charge is -2.26. The third kappa shape index (κ3) is 5.94. The van der Waals surface area contributed by atoms with E-state index >= 15 is 0 Å². The fourth-order valence-electron chi connectivity index (χ4n) is 2.63. The van der Waals surface area contributed by atoms with E-state index in [9.17, 15) is 4.39 Å². The van der Waals surface area contributed by atoms with E-state index in [0.717, 1.165) is 16.9 Å². The second kappa shape index (κ2) is 9.72. The quantitative estimate of drug-likeness (QED) is 0.663. The van der Waals surface area contributed by atoms with Crippen LogP contribution in [0.4, 0.5) is 4.39 Å². The zero-order valence-electron chi connectivity index (χ0n) is 16.2. The van der Waals surface area contributed by atoms with Gasteiger partial charge in [-0.25, -0.2) is 4.39 Å². The molecule has 0 fully saturated rings. The van der Waals surface area contributed by atoms with Gasteiger partial charge < -0.3 is 19.7 Å². The first-order chi connectivity index (χ1) is 12.9. The van der Waals surface area contributed by atoms with Gasteiger partial charge in [0.2, 0.25) is 0 Å². The van der Waals surface area contributed by atoms with Crippen LogP contribution < -0.4 is 9.47 Å². The SMILES string of the molecule is CC(CO)COc1ccc(C(C)(C)c2ccc(OCC(F)CO)cc2)cc1. The summed E-state index contributed by atoms with van der Waals surface area (Å²) in [6.45, 7) is 6.10. The van der Waals surface area contributed by atoms with Gasteiger partial charge in [0.15, 0.2) is 6.17 Å². The molecule has 0 bridgehead atoms. The summed E-state index contributed by atoms with van der Waals surface area (Å²) in [5.74, 6) is 1.46. The van der Waals surface area contributed by atoms with E-state index in [4.69, 9.17) is 19.7 Å². The minimum Gasteiger partial charge on any atom is -0.493 e. The van der Waals surface area contributed by atoms with Crippen molar-refractivity contribution >= 4 is 0 Å². The molecule has 2 unspecified atom stereocenters. The van der Waals surface area contributed by atoms with Gasteiger partial charge in [-0.15, -0.1) is 0 Å². The maximum atomic E-state index is 13.1. The van der Waals surface area contributed by atoms with Crippen LogP contribution in [0.25, 0.3) is 0 Å². The third-order valence-corrected chi connectivity index (χ3v) is 4.63. The lowest BCUT2D eigenvalue weighted by Crippen LogP contribution is -2.19. The Bertz CT molecular complexity index is 623. The standard InChI is InChI=1S/C22H29FO4/c1-16(12-24)14-26-20-8-4-17(5-9-20)22(2,3)18-6-10-21(11-7-18)27-15-19(23)13-25/h4-11,16,19,24-25H,12-15H2,1-3H3. The van der Waals surface area contributed by atoms with Crippen LogP contribution in [-0.4, -0.2) is 42.8 Å². The monoisotopic (exact) mass is 376 g/mol. The van der Waals surface area contributed by atoms with Crippen LogP contribution in [0.3, 0.4) is 0 Å². The molecule has 2 aromatic rings. The van der Waals surface area contributed by atoms with Crippen LogP contribution in [-0.2, 0) is 5.41 Å². The molecule has 0 aliphatic carbocycles. The number of hydrogen-bond acceptors (Lipinski definition) is 4. The Morgan fingerprint density at radius 1 is 0.815 bits per heavy atom. The first-order valence-corrected chi connectivity index (χ1v) is 9.19. The molecular formula is C22H29FO4. The fourth-order valence-corrected chi connectivity index (χ4v) is 2.63. The zero-order valence-corrected chi connectivity index (χ0v) is 16.2. The number of rotatable bonds is 10. The van der Waals surface area contributed by atoms with Crippen molar-refractivity contribution in [3.8, 4) is 11.5 Å². The van der Waals surface area contributed by atoms with Crippen LogP contribution in [0, 0.1) is 5.92 Å². The van der Waals surface area contributed by atoms with Crippen molar-refractivity contribution in [2.75, 3.05) is 26.4 Å². The van der Waals surface area contributed by atoms with Crippen molar-refractivity contribution in [3.05, 3.63) is 59.7 Å². The average molecular weight is 376 g/mol. The second-order valence-electron chi connectivity index (χ2n) is 7.36. The second-order valence-corrected chi connectivity index (χ2v) is 7.36. The Morgan fingerprint density at radius 3 is 1.67 bits per heavy atom. The highest BCUT2D eigenvalue weighted by Gasteiger charge is 2.23. The lowest BCUT2D eigenvalue weighted by molar-refractivity contribution is 0.123. The molecule has 2 N–H and O–H groups in total. The van der Waals surface area contributed by atoms with Crippen molar-refractivity contribution in [1.29, 1.82) is 0 Å². The molecule has 148 valence electrons. The van der Waals surface area contributed by atoms with Gasteiger partial charge in [0.1, 0.15) is 18.1 Å². The minimum atomic E-state index is -1.37. The highest BCUT2D eigenvalue weighted by molar-refractivity contribution is 5.41. The average Bonchev–Trinajstić information content (AvgIpc) is 2.70. The van der Waals surface area contributed by atoms with Gasteiger partial charge in [0.25, 0.3) is 0 Å². The van der Waals surface area contributed by atoms with Crippen molar-refractivity contribution in [1.82, 2.24) is 0 Å². The minimum absolute atomic E-state index is 0.104. The van der Waals surface area contributed by atoms with Gasteiger partial charge in [0.05, 0.1) is 13.2 Å². The molecule has 4 nitrogen and oxygen atoms in total. The van der Waals surface area contributed by atoms with Gasteiger partial charge in [-0.1, -0.05) is 45.0 Å². The lowest BCUT2D eigenvalue weighted by atomic mass is 9.78. The van der Waals surface area contributed by atoms with E-state index in [2.05, 4.69) is 13.8 Å². The summed E-state index contributed by atoms with van der Waals surface area (Å²) in [6, 6.07) is 15.5. The third-order valence-electron chi connectivity index (χ3n) is 4.63. The van der Waals surface area contributed by atoms with Gasteiger partial charge in [-0.05, 0) is 35.4 Å². The van der Waals surface area contributed by atoms with Gasteiger partial charge in [0, 0.05) is 17.9 Å². The van der Waals surface area contributed by atoms with E-state index in [-0.39, 0.29) is 24.5 Å². The Labute approximate surface area is 160 Å². The number of alkyl halides is 1. The summed E-state index contributed by atoms with van der Waals surface area (Å²) in [6.07, 6.45) is -1.37. The molecule has 0 heterocycles. The predicted molar refractivity (Wildman–Crippen MR) is 104 cm³/mol. The van der Waals surface area contributed by atoms with Gasteiger partial charge in [-0.3, -0.25) is 0 Å². The molecule has 0 radical (unpaired) electrons. The number of ether oxygens (including phenoxy) is 2. The Hall–Kier alpha value is -2.11. The van der Waals surface area contributed by atoms with E-state index in [1.165, 1.54) is 0 Å². The molecular weight excluding hydrogens is 347 g/mol. The first kappa shape index (κ1) is 21.2. The summed E-state index contributed by atoms with van der Waals surface area (Å²) < 4.78 is 24.1. The number of aliphatic hydroxyl groups excluding tert-OH is 2. The number of benzene rings is 2. The Balaban J connectivity index is 2.04. The molecule has 0 aliphatic heterocycles. The summed E-state index contributed by atoms with van der Waals surface area (Å²) in [5.41, 5.74) is 2.03. The molecule has 0 amide bonds. The number of aliphatic hydroxyl groups is 2. The molecule has 2 aromatic carbocycles. The summed E-state index contributed by atoms with van der Waals surface area (Å²) in [4.78, 5) is 0. The highest BCUT2D eigenvalue weighted by Crippen LogP contribution is 2.33. The number of hydrogen-bond donors (Lipinski definition) is 2. The van der Waals surface area contributed by atoms with Crippen LogP contribution >= 0.6 is 0 Å². The predicted octanol–water partition coefficient (Wildman–Crippen LogP) is 3.73. The normalized spacial score (nSPS) is 13.9. The largest absolute Gasteiger partial charge is 0.493 e. The summed E-state index contributed by atoms with van der Waals surface area (Å²) in [7, 11) is 0. The summed E-state index contributed by atoms with van der Waals surface area (Å²) in [5, 5.41) is 17.8. The topological polar surface area (TPSA) is 58.9 Å². The maximum absolute atomic E-state index is 13.1. The van der Waals surface area contributed by atoms with E-state index in [1.54, 1.807) is 0 Å². The van der Waals surface area contributed by atoms with E-state index < -0.39 is 12.8 Å². The van der Waals surface area contributed by atoms with Crippen LogP contribution in [0.1, 0.15) is 31.9 Å². The maximum Gasteiger partial charge on any atom is 0.157 e. The molecule has 2 rings (SSSR count). The molecule has 0 spiro atoms. The van der Waals surface area contributed by atoms with Crippen molar-refractivity contribution < 1.29 is 24.1 Å². The highest BCUT2D eigenvalue weighted by atomic mass is 19.1. The van der Waals surface area contributed by atoms with Crippen molar-refractivity contribution in [2.45, 2.75) is 32.4 Å².